The highest BCUT2D eigenvalue weighted by Crippen LogP contribution is 2.31. The van der Waals surface area contributed by atoms with Crippen LogP contribution in [0.3, 0.4) is 0 Å². The number of benzene rings is 1. The van der Waals surface area contributed by atoms with E-state index in [1.54, 1.807) is 0 Å². The van der Waals surface area contributed by atoms with Crippen LogP contribution in [0, 0.1) is 12.8 Å². The van der Waals surface area contributed by atoms with Crippen molar-refractivity contribution in [3.05, 3.63) is 29.8 Å². The molecule has 148 valence electrons. The van der Waals surface area contributed by atoms with Crippen LogP contribution in [0.15, 0.2) is 24.3 Å². The second-order valence-electron chi connectivity index (χ2n) is 7.22. The molecule has 1 atom stereocenters. The molecule has 2 aliphatic rings. The third-order valence-electron chi connectivity index (χ3n) is 5.16. The van der Waals surface area contributed by atoms with Crippen LogP contribution in [0.1, 0.15) is 24.8 Å². The Kier molecular flexibility index (Phi) is 9.72. The monoisotopic (exact) mass is 402 g/mol. The van der Waals surface area contributed by atoms with Crippen LogP contribution >= 0.6 is 24.8 Å². The number of hydrogen-bond acceptors (Lipinski definition) is 4. The Morgan fingerprint density at radius 3 is 2.54 bits per heavy atom. The van der Waals surface area contributed by atoms with Crippen molar-refractivity contribution in [2.24, 2.45) is 11.7 Å². The fraction of sp³-hybridized carbons (Fsp3) is 0.632. The van der Waals surface area contributed by atoms with Gasteiger partial charge in [0.15, 0.2) is 0 Å². The smallest absolute Gasteiger partial charge is 0.221 e. The van der Waals surface area contributed by atoms with E-state index < -0.39 is 0 Å². The average molecular weight is 403 g/mol. The van der Waals surface area contributed by atoms with E-state index in [0.717, 1.165) is 32.7 Å². The fourth-order valence-corrected chi connectivity index (χ4v) is 3.33. The number of amides is 1. The summed E-state index contributed by atoms with van der Waals surface area (Å²) in [5.74, 6) is 0.771. The van der Waals surface area contributed by atoms with Crippen molar-refractivity contribution in [1.82, 2.24) is 10.2 Å². The lowest BCUT2D eigenvalue weighted by Gasteiger charge is -2.36. The third kappa shape index (κ3) is 6.95. The van der Waals surface area contributed by atoms with Crippen LogP contribution in [-0.2, 0) is 4.79 Å². The summed E-state index contributed by atoms with van der Waals surface area (Å²) in [7, 11) is 0. The van der Waals surface area contributed by atoms with Gasteiger partial charge in [0.25, 0.3) is 0 Å². The Morgan fingerprint density at radius 1 is 1.23 bits per heavy atom. The number of carbonyl (C=O) groups is 1. The maximum absolute atomic E-state index is 12.0. The second-order valence-corrected chi connectivity index (χ2v) is 7.22. The summed E-state index contributed by atoms with van der Waals surface area (Å²) in [6.07, 6.45) is 3.02. The first-order valence-corrected chi connectivity index (χ1v) is 9.18. The fourth-order valence-electron chi connectivity index (χ4n) is 3.33. The Labute approximate surface area is 169 Å². The van der Waals surface area contributed by atoms with Gasteiger partial charge in [0.1, 0.15) is 0 Å². The van der Waals surface area contributed by atoms with Gasteiger partial charge >= 0.3 is 0 Å². The molecule has 3 rings (SSSR count). The molecule has 0 radical (unpaired) electrons. The van der Waals surface area contributed by atoms with Crippen molar-refractivity contribution in [2.75, 3.05) is 44.2 Å². The van der Waals surface area contributed by atoms with E-state index in [9.17, 15) is 4.79 Å². The van der Waals surface area contributed by atoms with E-state index in [2.05, 4.69) is 46.3 Å². The molecule has 5 nitrogen and oxygen atoms in total. The standard InChI is InChI=1S/C19H30N4O.2ClH/c1-15-3-2-4-17(13-15)23-11-9-22(10-12-23)8-7-19(24)21-14-18(20)16-5-6-16;;/h2-4,13,16,18H,5-12,14,20H2,1H3,(H,21,24);2*1H. The first-order chi connectivity index (χ1) is 11.6. The lowest BCUT2D eigenvalue weighted by Crippen LogP contribution is -2.47. The largest absolute Gasteiger partial charge is 0.369 e. The predicted molar refractivity (Wildman–Crippen MR) is 113 cm³/mol. The van der Waals surface area contributed by atoms with Crippen molar-refractivity contribution in [3.63, 3.8) is 0 Å². The highest BCUT2D eigenvalue weighted by Gasteiger charge is 2.28. The number of carbonyl (C=O) groups excluding carboxylic acids is 1. The summed E-state index contributed by atoms with van der Waals surface area (Å²) in [6.45, 7) is 7.69. The van der Waals surface area contributed by atoms with Crippen LogP contribution < -0.4 is 16.0 Å². The number of nitrogens with one attached hydrogen (secondary N) is 1. The Bertz CT molecular complexity index is 560. The van der Waals surface area contributed by atoms with Gasteiger partial charge in [-0.3, -0.25) is 9.69 Å². The zero-order valence-corrected chi connectivity index (χ0v) is 17.2. The van der Waals surface area contributed by atoms with Gasteiger partial charge in [-0.25, -0.2) is 0 Å². The minimum Gasteiger partial charge on any atom is -0.369 e. The first-order valence-electron chi connectivity index (χ1n) is 9.18. The topological polar surface area (TPSA) is 61.6 Å². The molecular weight excluding hydrogens is 371 g/mol. The van der Waals surface area contributed by atoms with E-state index in [0.29, 0.717) is 18.9 Å². The zero-order chi connectivity index (χ0) is 16.9. The number of aryl methyl sites for hydroxylation is 1. The zero-order valence-electron chi connectivity index (χ0n) is 15.5. The predicted octanol–water partition coefficient (Wildman–Crippen LogP) is 2.20. The quantitative estimate of drug-likeness (QED) is 0.733. The lowest BCUT2D eigenvalue weighted by molar-refractivity contribution is -0.121. The SMILES string of the molecule is Cc1cccc(N2CCN(CCC(=O)NCC(N)C3CC3)CC2)c1.Cl.Cl. The van der Waals surface area contributed by atoms with Crippen LogP contribution in [0.2, 0.25) is 0 Å². The summed E-state index contributed by atoms with van der Waals surface area (Å²) in [4.78, 5) is 16.8. The summed E-state index contributed by atoms with van der Waals surface area (Å²) in [5, 5.41) is 2.98. The molecule has 1 aromatic rings. The van der Waals surface area contributed by atoms with Crippen LogP contribution in [0.25, 0.3) is 0 Å². The Hall–Kier alpha value is -1.01. The number of rotatable bonds is 7. The number of hydrogen-bond donors (Lipinski definition) is 2. The Morgan fingerprint density at radius 2 is 1.92 bits per heavy atom. The van der Waals surface area contributed by atoms with Gasteiger partial charge in [0.2, 0.25) is 5.91 Å². The van der Waals surface area contributed by atoms with Crippen LogP contribution in [0.5, 0.6) is 0 Å². The molecule has 1 unspecified atom stereocenters. The molecule has 1 amide bonds. The average Bonchev–Trinajstić information content (AvgIpc) is 3.43. The summed E-state index contributed by atoms with van der Waals surface area (Å²) < 4.78 is 0. The molecule has 0 bridgehead atoms. The number of piperazine rings is 1. The molecule has 1 heterocycles. The molecule has 1 aliphatic heterocycles. The molecule has 2 fully saturated rings. The summed E-state index contributed by atoms with van der Waals surface area (Å²) in [5.41, 5.74) is 8.63. The number of anilines is 1. The van der Waals surface area contributed by atoms with Crippen molar-refractivity contribution in [3.8, 4) is 0 Å². The highest BCUT2D eigenvalue weighted by atomic mass is 35.5. The number of nitrogens with zero attached hydrogens (tertiary/aromatic N) is 2. The van der Waals surface area contributed by atoms with Gasteiger partial charge < -0.3 is 16.0 Å². The molecule has 26 heavy (non-hydrogen) atoms. The minimum atomic E-state index is 0. The molecule has 1 saturated carbocycles. The molecule has 1 aromatic carbocycles. The van der Waals surface area contributed by atoms with E-state index in [-0.39, 0.29) is 36.8 Å². The number of nitrogens with two attached hydrogens (primary N) is 1. The Balaban J connectivity index is 0.00000169. The van der Waals surface area contributed by atoms with Gasteiger partial charge in [-0.15, -0.1) is 24.8 Å². The van der Waals surface area contributed by atoms with E-state index in [1.807, 2.05) is 0 Å². The molecule has 0 spiro atoms. The first kappa shape index (κ1) is 23.0. The lowest BCUT2D eigenvalue weighted by atomic mass is 10.2. The van der Waals surface area contributed by atoms with Crippen LogP contribution in [-0.4, -0.2) is 56.1 Å². The van der Waals surface area contributed by atoms with Gasteiger partial charge in [-0.2, -0.15) is 0 Å². The van der Waals surface area contributed by atoms with Crippen molar-refractivity contribution in [2.45, 2.75) is 32.2 Å². The van der Waals surface area contributed by atoms with Crippen molar-refractivity contribution < 1.29 is 4.79 Å². The number of halogens is 2. The maximum Gasteiger partial charge on any atom is 0.221 e. The molecule has 1 saturated heterocycles. The molecular formula is C19H32Cl2N4O. The van der Waals surface area contributed by atoms with E-state index in [1.165, 1.54) is 24.1 Å². The third-order valence-corrected chi connectivity index (χ3v) is 5.16. The summed E-state index contributed by atoms with van der Waals surface area (Å²) in [6, 6.07) is 8.82. The van der Waals surface area contributed by atoms with Gasteiger partial charge in [0.05, 0.1) is 0 Å². The van der Waals surface area contributed by atoms with Crippen molar-refractivity contribution in [1.29, 1.82) is 0 Å². The van der Waals surface area contributed by atoms with E-state index >= 15 is 0 Å². The molecule has 0 aromatic heterocycles. The van der Waals surface area contributed by atoms with Crippen LogP contribution in [0.4, 0.5) is 5.69 Å². The molecule has 7 heteroatoms. The van der Waals surface area contributed by atoms with Gasteiger partial charge in [-0.1, -0.05) is 12.1 Å². The molecule has 3 N–H and O–H groups in total. The summed E-state index contributed by atoms with van der Waals surface area (Å²) >= 11 is 0. The van der Waals surface area contributed by atoms with E-state index in [4.69, 9.17) is 5.73 Å². The van der Waals surface area contributed by atoms with Crippen molar-refractivity contribution >= 4 is 36.4 Å². The second kappa shape index (κ2) is 11.0. The van der Waals surface area contributed by atoms with Gasteiger partial charge in [-0.05, 0) is 43.4 Å². The normalized spacial score (nSPS) is 18.5. The van der Waals surface area contributed by atoms with Gasteiger partial charge in [0, 0.05) is 57.4 Å². The maximum atomic E-state index is 12.0. The highest BCUT2D eigenvalue weighted by molar-refractivity contribution is 5.85. The minimum absolute atomic E-state index is 0. The molecule has 1 aliphatic carbocycles.